The van der Waals surface area contributed by atoms with Crippen LogP contribution in [0.15, 0.2) is 48.5 Å². The lowest BCUT2D eigenvalue weighted by Gasteiger charge is -2.21. The normalized spacial score (nSPS) is 13.4. The zero-order chi connectivity index (χ0) is 30.1. The van der Waals surface area contributed by atoms with Crippen molar-refractivity contribution in [3.05, 3.63) is 65.5 Å². The summed E-state index contributed by atoms with van der Waals surface area (Å²) in [4.78, 5) is 26.0. The maximum absolute atomic E-state index is 13.6. The average molecular weight is 595 g/mol. The summed E-state index contributed by atoms with van der Waals surface area (Å²) >= 11 is 0. The Hall–Kier alpha value is -3.87. The monoisotopic (exact) mass is 594 g/mol. The van der Waals surface area contributed by atoms with Crippen LogP contribution in [-0.2, 0) is 27.2 Å². The molecule has 43 heavy (non-hydrogen) atoms. The van der Waals surface area contributed by atoms with Crippen LogP contribution in [0, 0.1) is 11.7 Å². The third-order valence-corrected chi connectivity index (χ3v) is 7.03. The molecule has 232 valence electrons. The van der Waals surface area contributed by atoms with E-state index in [-0.39, 0.29) is 18.1 Å². The van der Waals surface area contributed by atoms with Crippen molar-refractivity contribution in [3.63, 3.8) is 0 Å². The molecule has 1 amide bonds. The van der Waals surface area contributed by atoms with Gasteiger partial charge in [0, 0.05) is 31.9 Å². The number of amides is 1. The van der Waals surface area contributed by atoms with E-state index < -0.39 is 0 Å². The number of benzene rings is 2. The number of aromatic nitrogens is 3. The molecule has 0 saturated heterocycles. The molecule has 3 aromatic rings. The van der Waals surface area contributed by atoms with Crippen LogP contribution >= 0.6 is 0 Å². The molecule has 0 bridgehead atoms. The number of nitrogens with one attached hydrogen (secondary N) is 4. The smallest absolute Gasteiger partial charge is 0.233 e. The molecule has 0 unspecified atom stereocenters. The molecule has 1 fully saturated rings. The third kappa shape index (κ3) is 12.1. The van der Waals surface area contributed by atoms with Gasteiger partial charge >= 0.3 is 0 Å². The van der Waals surface area contributed by atoms with Gasteiger partial charge in [0.05, 0.1) is 32.8 Å². The molecule has 0 radical (unpaired) electrons. The molecular formula is C31H43FN8O3. The molecule has 0 atom stereocenters. The number of halogens is 1. The molecule has 1 aliphatic carbocycles. The number of nitrogens with zero attached hydrogens (tertiary/aromatic N) is 3. The highest BCUT2D eigenvalue weighted by Gasteiger charge is 2.15. The first kappa shape index (κ1) is 32.1. The fourth-order valence-corrected chi connectivity index (χ4v) is 4.80. The van der Waals surface area contributed by atoms with Gasteiger partial charge in [-0.05, 0) is 54.2 Å². The second-order valence-corrected chi connectivity index (χ2v) is 10.5. The average Bonchev–Trinajstić information content (AvgIpc) is 3.02. The molecule has 11 nitrogen and oxygen atoms in total. The summed E-state index contributed by atoms with van der Waals surface area (Å²) < 4.78 is 24.3. The second-order valence-electron chi connectivity index (χ2n) is 10.5. The van der Waals surface area contributed by atoms with Crippen molar-refractivity contribution >= 4 is 29.4 Å². The summed E-state index contributed by atoms with van der Waals surface area (Å²) in [5, 5.41) is 12.7. The molecule has 4 rings (SSSR count). The van der Waals surface area contributed by atoms with Crippen molar-refractivity contribution in [1.29, 1.82) is 0 Å². The van der Waals surface area contributed by atoms with Crippen molar-refractivity contribution in [2.75, 3.05) is 62.0 Å². The maximum atomic E-state index is 13.6. The van der Waals surface area contributed by atoms with E-state index in [4.69, 9.17) is 15.2 Å². The van der Waals surface area contributed by atoms with Crippen LogP contribution in [0.1, 0.15) is 43.2 Å². The van der Waals surface area contributed by atoms with Crippen LogP contribution in [0.4, 0.5) is 27.9 Å². The predicted molar refractivity (Wildman–Crippen MR) is 166 cm³/mol. The van der Waals surface area contributed by atoms with Gasteiger partial charge in [-0.25, -0.2) is 4.39 Å². The fraction of sp³-hybridized carbons (Fsp3) is 0.484. The van der Waals surface area contributed by atoms with Crippen LogP contribution in [-0.4, -0.2) is 66.9 Å². The van der Waals surface area contributed by atoms with Crippen molar-refractivity contribution in [3.8, 4) is 0 Å². The second kappa shape index (κ2) is 17.9. The van der Waals surface area contributed by atoms with Gasteiger partial charge in [-0.2, -0.15) is 15.0 Å². The number of anilines is 4. The highest BCUT2D eigenvalue weighted by molar-refractivity contribution is 5.78. The largest absolute Gasteiger partial charge is 0.378 e. The van der Waals surface area contributed by atoms with E-state index in [0.29, 0.717) is 69.8 Å². The Morgan fingerprint density at radius 2 is 1.58 bits per heavy atom. The van der Waals surface area contributed by atoms with Gasteiger partial charge in [0.2, 0.25) is 23.8 Å². The molecule has 1 saturated carbocycles. The van der Waals surface area contributed by atoms with Gasteiger partial charge in [0.15, 0.2) is 0 Å². The number of carbonyl (C=O) groups excluding carboxylic acids is 1. The number of ether oxygens (including phenoxy) is 2. The Bertz CT molecular complexity index is 1260. The highest BCUT2D eigenvalue weighted by atomic mass is 19.1. The van der Waals surface area contributed by atoms with Crippen LogP contribution in [0.5, 0.6) is 0 Å². The molecule has 0 spiro atoms. The van der Waals surface area contributed by atoms with Crippen molar-refractivity contribution in [2.45, 2.75) is 45.1 Å². The third-order valence-electron chi connectivity index (χ3n) is 7.03. The zero-order valence-corrected chi connectivity index (χ0v) is 24.6. The highest BCUT2D eigenvalue weighted by Crippen LogP contribution is 2.24. The van der Waals surface area contributed by atoms with Crippen molar-refractivity contribution < 1.29 is 18.7 Å². The van der Waals surface area contributed by atoms with Gasteiger partial charge in [-0.3, -0.25) is 4.79 Å². The van der Waals surface area contributed by atoms with Gasteiger partial charge in [-0.15, -0.1) is 0 Å². The summed E-state index contributed by atoms with van der Waals surface area (Å²) in [6.07, 6.45) is 6.49. The quantitative estimate of drug-likeness (QED) is 0.137. The van der Waals surface area contributed by atoms with Crippen LogP contribution in [0.25, 0.3) is 0 Å². The summed E-state index contributed by atoms with van der Waals surface area (Å²) in [6, 6.07) is 14.0. The van der Waals surface area contributed by atoms with E-state index in [0.717, 1.165) is 23.4 Å². The minimum Gasteiger partial charge on any atom is -0.378 e. The van der Waals surface area contributed by atoms with Crippen LogP contribution in [0.3, 0.4) is 0 Å². The number of nitrogens with two attached hydrogens (primary N) is 1. The molecule has 2 aromatic carbocycles. The minimum atomic E-state index is -0.290. The summed E-state index contributed by atoms with van der Waals surface area (Å²) in [6.45, 7) is 3.98. The molecular weight excluding hydrogens is 551 g/mol. The van der Waals surface area contributed by atoms with Crippen molar-refractivity contribution in [1.82, 2.24) is 20.3 Å². The number of rotatable bonds is 18. The SMILES string of the molecule is NCCOCCOCCNC(=O)Cc1ccc(Nc2nc(NCc3cccc(F)c3)nc(NCC3CCCCC3)n2)cc1. The van der Waals surface area contributed by atoms with E-state index in [9.17, 15) is 9.18 Å². The number of hydrogen-bond acceptors (Lipinski definition) is 10. The van der Waals surface area contributed by atoms with E-state index in [1.54, 1.807) is 6.07 Å². The lowest BCUT2D eigenvalue weighted by molar-refractivity contribution is -0.120. The van der Waals surface area contributed by atoms with E-state index in [1.807, 2.05) is 30.3 Å². The van der Waals surface area contributed by atoms with Gasteiger partial charge in [0.1, 0.15) is 5.82 Å². The Morgan fingerprint density at radius 3 is 2.33 bits per heavy atom. The molecule has 1 aromatic heterocycles. The maximum Gasteiger partial charge on any atom is 0.233 e. The first-order valence-corrected chi connectivity index (χ1v) is 15.0. The van der Waals surface area contributed by atoms with Gasteiger partial charge < -0.3 is 36.5 Å². The Labute approximate surface area is 252 Å². The van der Waals surface area contributed by atoms with E-state index >= 15 is 0 Å². The Morgan fingerprint density at radius 1 is 0.860 bits per heavy atom. The van der Waals surface area contributed by atoms with Gasteiger partial charge in [0.25, 0.3) is 0 Å². The summed E-state index contributed by atoms with van der Waals surface area (Å²) in [7, 11) is 0. The van der Waals surface area contributed by atoms with Gasteiger partial charge in [-0.1, -0.05) is 43.5 Å². The standard InChI is InChI=1S/C31H43FN8O3/c32-26-8-4-7-25(19-26)22-36-30-38-29(35-21-24-5-2-1-3-6-24)39-31(40-30)37-27-11-9-23(10-12-27)20-28(41)34-14-16-43-18-17-42-15-13-33/h4,7-12,19,24H,1-3,5-6,13-18,20-22,33H2,(H,34,41)(H3,35,36,37,38,39,40). The number of carbonyl (C=O) groups is 1. The molecule has 1 heterocycles. The molecule has 12 heteroatoms. The Balaban J connectivity index is 1.30. The molecule has 0 aliphatic heterocycles. The topological polar surface area (TPSA) is 148 Å². The zero-order valence-electron chi connectivity index (χ0n) is 24.6. The predicted octanol–water partition coefficient (Wildman–Crippen LogP) is 4.01. The first-order valence-electron chi connectivity index (χ1n) is 15.0. The van der Waals surface area contributed by atoms with Crippen molar-refractivity contribution in [2.24, 2.45) is 11.7 Å². The lowest BCUT2D eigenvalue weighted by Crippen LogP contribution is -2.29. The van der Waals surface area contributed by atoms with E-state index in [2.05, 4.69) is 36.2 Å². The van der Waals surface area contributed by atoms with Crippen LogP contribution in [0.2, 0.25) is 0 Å². The fourth-order valence-electron chi connectivity index (χ4n) is 4.80. The minimum absolute atomic E-state index is 0.0798. The summed E-state index contributed by atoms with van der Waals surface area (Å²) in [5.41, 5.74) is 7.80. The molecule has 6 N–H and O–H groups in total. The van der Waals surface area contributed by atoms with Crippen LogP contribution < -0.4 is 27.0 Å². The van der Waals surface area contributed by atoms with E-state index in [1.165, 1.54) is 44.2 Å². The molecule has 1 aliphatic rings. The Kier molecular flexibility index (Phi) is 13.4. The number of hydrogen-bond donors (Lipinski definition) is 5. The summed E-state index contributed by atoms with van der Waals surface area (Å²) in [5.74, 6) is 1.47. The lowest BCUT2D eigenvalue weighted by atomic mass is 9.89. The first-order chi connectivity index (χ1) is 21.1.